The molecule has 0 radical (unpaired) electrons. The van der Waals surface area contributed by atoms with E-state index in [0.29, 0.717) is 17.3 Å². The number of aryl methyl sites for hydroxylation is 1. The number of halogens is 1. The average molecular weight is 318 g/mol. The van der Waals surface area contributed by atoms with Gasteiger partial charge in [0, 0.05) is 11.6 Å². The largest absolute Gasteiger partial charge is 0.484 e. The fourth-order valence-electron chi connectivity index (χ4n) is 2.14. The van der Waals surface area contributed by atoms with Crippen molar-refractivity contribution in [2.75, 3.05) is 13.2 Å². The fraction of sp³-hybridized carbons (Fsp3) is 0.278. The first-order chi connectivity index (χ1) is 10.6. The van der Waals surface area contributed by atoms with Crippen molar-refractivity contribution in [1.82, 2.24) is 5.32 Å². The van der Waals surface area contributed by atoms with Gasteiger partial charge in [0.2, 0.25) is 0 Å². The van der Waals surface area contributed by atoms with Crippen molar-refractivity contribution in [3.05, 3.63) is 64.7 Å². The first kappa shape index (κ1) is 16.4. The van der Waals surface area contributed by atoms with Gasteiger partial charge in [0.1, 0.15) is 5.75 Å². The highest BCUT2D eigenvalue weighted by Crippen LogP contribution is 2.21. The molecule has 0 heterocycles. The molecule has 0 saturated carbocycles. The highest BCUT2D eigenvalue weighted by Gasteiger charge is 2.09. The molecule has 2 aromatic carbocycles. The summed E-state index contributed by atoms with van der Waals surface area (Å²) in [6.45, 7) is 4.58. The van der Waals surface area contributed by atoms with E-state index >= 15 is 0 Å². The van der Waals surface area contributed by atoms with Gasteiger partial charge in [-0.15, -0.1) is 0 Å². The predicted molar refractivity (Wildman–Crippen MR) is 89.6 cm³/mol. The lowest BCUT2D eigenvalue weighted by Crippen LogP contribution is -2.31. The van der Waals surface area contributed by atoms with Crippen molar-refractivity contribution in [1.29, 1.82) is 0 Å². The topological polar surface area (TPSA) is 38.3 Å². The Morgan fingerprint density at radius 3 is 2.64 bits per heavy atom. The first-order valence-electron chi connectivity index (χ1n) is 7.27. The lowest BCUT2D eigenvalue weighted by Gasteiger charge is -2.14. The lowest BCUT2D eigenvalue weighted by atomic mass is 10.0. The smallest absolute Gasteiger partial charge is 0.257 e. The first-order valence-corrected chi connectivity index (χ1v) is 7.64. The normalized spacial score (nSPS) is 11.8. The summed E-state index contributed by atoms with van der Waals surface area (Å²) in [6, 6.07) is 15.4. The van der Waals surface area contributed by atoms with E-state index in [-0.39, 0.29) is 18.4 Å². The highest BCUT2D eigenvalue weighted by atomic mass is 35.5. The second-order valence-corrected chi connectivity index (χ2v) is 5.75. The van der Waals surface area contributed by atoms with Crippen LogP contribution in [0, 0.1) is 6.92 Å². The van der Waals surface area contributed by atoms with Gasteiger partial charge < -0.3 is 10.1 Å². The molecule has 0 spiro atoms. The lowest BCUT2D eigenvalue weighted by molar-refractivity contribution is -0.123. The third-order valence-corrected chi connectivity index (χ3v) is 3.70. The van der Waals surface area contributed by atoms with Crippen LogP contribution < -0.4 is 10.1 Å². The Hall–Kier alpha value is -2.00. The second-order valence-electron chi connectivity index (χ2n) is 5.31. The van der Waals surface area contributed by atoms with Gasteiger partial charge in [0.25, 0.3) is 5.91 Å². The number of hydrogen-bond donors (Lipinski definition) is 1. The van der Waals surface area contributed by atoms with Crippen LogP contribution in [0.25, 0.3) is 0 Å². The van der Waals surface area contributed by atoms with Crippen LogP contribution in [0.2, 0.25) is 5.02 Å². The standard InChI is InChI=1S/C18H20ClNO2/c1-13-10-16(19)8-9-17(13)22-12-18(21)20-11-14(2)15-6-4-3-5-7-15/h3-10,14H,11-12H2,1-2H3,(H,20,21). The van der Waals surface area contributed by atoms with E-state index in [0.717, 1.165) is 5.56 Å². The van der Waals surface area contributed by atoms with Crippen molar-refractivity contribution >= 4 is 17.5 Å². The molecule has 0 bridgehead atoms. The zero-order valence-corrected chi connectivity index (χ0v) is 13.6. The molecule has 1 unspecified atom stereocenters. The maximum Gasteiger partial charge on any atom is 0.257 e. The zero-order valence-electron chi connectivity index (χ0n) is 12.8. The van der Waals surface area contributed by atoms with Crippen LogP contribution in [-0.4, -0.2) is 19.1 Å². The monoisotopic (exact) mass is 317 g/mol. The van der Waals surface area contributed by atoms with Crippen LogP contribution in [0.5, 0.6) is 5.75 Å². The number of nitrogens with one attached hydrogen (secondary N) is 1. The number of carbonyl (C=O) groups excluding carboxylic acids is 1. The Morgan fingerprint density at radius 2 is 1.95 bits per heavy atom. The summed E-state index contributed by atoms with van der Waals surface area (Å²) in [7, 11) is 0. The van der Waals surface area contributed by atoms with Crippen molar-refractivity contribution in [2.45, 2.75) is 19.8 Å². The van der Waals surface area contributed by atoms with Gasteiger partial charge >= 0.3 is 0 Å². The number of amides is 1. The molecule has 4 heteroatoms. The quantitative estimate of drug-likeness (QED) is 0.876. The maximum absolute atomic E-state index is 11.9. The summed E-state index contributed by atoms with van der Waals surface area (Å²) in [4.78, 5) is 11.9. The molecule has 2 rings (SSSR count). The SMILES string of the molecule is Cc1cc(Cl)ccc1OCC(=O)NCC(C)c1ccccc1. The van der Waals surface area contributed by atoms with Gasteiger partial charge in [-0.2, -0.15) is 0 Å². The molecule has 1 N–H and O–H groups in total. The third kappa shape index (κ3) is 4.78. The van der Waals surface area contributed by atoms with Gasteiger partial charge in [-0.05, 0) is 42.2 Å². The molecule has 0 aliphatic carbocycles. The summed E-state index contributed by atoms with van der Waals surface area (Å²) in [5.74, 6) is 0.815. The Labute approximate surface area is 136 Å². The van der Waals surface area contributed by atoms with Gasteiger partial charge in [0.15, 0.2) is 6.61 Å². The average Bonchev–Trinajstić information content (AvgIpc) is 2.52. The van der Waals surface area contributed by atoms with Crippen molar-refractivity contribution in [2.24, 2.45) is 0 Å². The summed E-state index contributed by atoms with van der Waals surface area (Å²) >= 11 is 5.89. The summed E-state index contributed by atoms with van der Waals surface area (Å²) < 4.78 is 5.52. The van der Waals surface area contributed by atoms with E-state index in [9.17, 15) is 4.79 Å². The molecule has 3 nitrogen and oxygen atoms in total. The van der Waals surface area contributed by atoms with E-state index in [1.54, 1.807) is 12.1 Å². The van der Waals surface area contributed by atoms with Crippen LogP contribution in [0.1, 0.15) is 24.0 Å². The van der Waals surface area contributed by atoms with Crippen molar-refractivity contribution in [3.8, 4) is 5.75 Å². The van der Waals surface area contributed by atoms with Crippen molar-refractivity contribution in [3.63, 3.8) is 0 Å². The summed E-state index contributed by atoms with van der Waals surface area (Å²) in [5.41, 5.74) is 2.12. The van der Waals surface area contributed by atoms with Gasteiger partial charge in [-0.1, -0.05) is 48.9 Å². The predicted octanol–water partition coefficient (Wildman–Crippen LogP) is 3.95. The third-order valence-electron chi connectivity index (χ3n) is 3.47. The molecular weight excluding hydrogens is 298 g/mol. The Balaban J connectivity index is 1.78. The summed E-state index contributed by atoms with van der Waals surface area (Å²) in [5, 5.41) is 3.55. The molecule has 0 saturated heterocycles. The second kappa shape index (κ2) is 7.85. The van der Waals surface area contributed by atoms with Crippen LogP contribution in [0.15, 0.2) is 48.5 Å². The number of rotatable bonds is 6. The molecule has 0 aliphatic heterocycles. The molecule has 0 aromatic heterocycles. The van der Waals surface area contributed by atoms with Crippen LogP contribution in [0.4, 0.5) is 0 Å². The van der Waals surface area contributed by atoms with E-state index in [4.69, 9.17) is 16.3 Å². The molecule has 1 atom stereocenters. The van der Waals surface area contributed by atoms with Crippen LogP contribution in [-0.2, 0) is 4.79 Å². The minimum absolute atomic E-state index is 0.00395. The Kier molecular flexibility index (Phi) is 5.84. The zero-order chi connectivity index (χ0) is 15.9. The molecule has 1 amide bonds. The number of ether oxygens (including phenoxy) is 1. The van der Waals surface area contributed by atoms with Crippen LogP contribution in [0.3, 0.4) is 0 Å². The van der Waals surface area contributed by atoms with E-state index in [1.165, 1.54) is 5.56 Å². The maximum atomic E-state index is 11.9. The summed E-state index contributed by atoms with van der Waals surface area (Å²) in [6.07, 6.45) is 0. The van der Waals surface area contributed by atoms with Crippen LogP contribution >= 0.6 is 11.6 Å². The van der Waals surface area contributed by atoms with Gasteiger partial charge in [-0.3, -0.25) is 4.79 Å². The molecule has 116 valence electrons. The molecule has 0 fully saturated rings. The minimum Gasteiger partial charge on any atom is -0.484 e. The van der Waals surface area contributed by atoms with E-state index in [1.807, 2.05) is 31.2 Å². The number of benzene rings is 2. The van der Waals surface area contributed by atoms with Crippen molar-refractivity contribution < 1.29 is 9.53 Å². The number of carbonyl (C=O) groups is 1. The Morgan fingerprint density at radius 1 is 1.23 bits per heavy atom. The number of hydrogen-bond acceptors (Lipinski definition) is 2. The van der Waals surface area contributed by atoms with E-state index < -0.39 is 0 Å². The highest BCUT2D eigenvalue weighted by molar-refractivity contribution is 6.30. The van der Waals surface area contributed by atoms with Gasteiger partial charge in [0.05, 0.1) is 0 Å². The molecule has 0 aliphatic rings. The van der Waals surface area contributed by atoms with E-state index in [2.05, 4.69) is 24.4 Å². The fourth-order valence-corrected chi connectivity index (χ4v) is 2.36. The molecule has 2 aromatic rings. The minimum atomic E-state index is -0.128. The Bertz CT molecular complexity index is 628. The van der Waals surface area contributed by atoms with Gasteiger partial charge in [-0.25, -0.2) is 0 Å². The molecule has 22 heavy (non-hydrogen) atoms. The molecular formula is C18H20ClNO2.